The number of benzene rings is 1. The molecular weight excluding hydrogens is 265 g/mol. The van der Waals surface area contributed by atoms with Gasteiger partial charge >= 0.3 is 0 Å². The number of hydrogen-bond donors (Lipinski definition) is 1. The fraction of sp³-hybridized carbons (Fsp3) is 0.412. The number of nitrogens with one attached hydrogen (secondary N) is 1. The summed E-state index contributed by atoms with van der Waals surface area (Å²) in [6.45, 7) is 7.16. The van der Waals surface area contributed by atoms with Gasteiger partial charge in [0.2, 0.25) is 0 Å². The highest BCUT2D eigenvalue weighted by Gasteiger charge is 2.13. The zero-order valence-electron chi connectivity index (χ0n) is 13.1. The highest BCUT2D eigenvalue weighted by atomic mass is 19.1. The number of rotatable bonds is 5. The lowest BCUT2D eigenvalue weighted by Gasteiger charge is -2.15. The van der Waals surface area contributed by atoms with Gasteiger partial charge in [0.05, 0.1) is 0 Å². The van der Waals surface area contributed by atoms with Crippen LogP contribution in [0.5, 0.6) is 0 Å². The second-order valence-electron chi connectivity index (χ2n) is 5.57. The van der Waals surface area contributed by atoms with Crippen LogP contribution in [0.1, 0.15) is 23.9 Å². The van der Waals surface area contributed by atoms with Crippen molar-refractivity contribution < 1.29 is 4.39 Å². The highest BCUT2D eigenvalue weighted by Crippen LogP contribution is 2.21. The summed E-state index contributed by atoms with van der Waals surface area (Å²) in [5.74, 6) is 0.851. The maximum Gasteiger partial charge on any atom is 0.159 e. The minimum Gasteiger partial charge on any atom is -0.319 e. The maximum absolute atomic E-state index is 13.3. The van der Waals surface area contributed by atoms with E-state index >= 15 is 0 Å². The average molecular weight is 287 g/mol. The third-order valence-electron chi connectivity index (χ3n) is 3.61. The summed E-state index contributed by atoms with van der Waals surface area (Å²) in [6, 6.07) is 6.41. The standard InChI is InChI=1S/C17H22FN3/c1-11(10-19-4)8-16-12(2)20-17(21-13(16)3)14-6-5-7-15(18)9-14/h5-7,9,11,19H,8,10H2,1-4H3. The van der Waals surface area contributed by atoms with Gasteiger partial charge in [-0.25, -0.2) is 14.4 Å². The molecule has 2 rings (SSSR count). The van der Waals surface area contributed by atoms with E-state index in [1.54, 1.807) is 6.07 Å². The molecule has 0 saturated heterocycles. The third kappa shape index (κ3) is 3.85. The molecule has 1 heterocycles. The first-order valence-electron chi connectivity index (χ1n) is 7.26. The molecule has 1 aromatic carbocycles. The van der Waals surface area contributed by atoms with Gasteiger partial charge in [-0.3, -0.25) is 0 Å². The molecule has 0 radical (unpaired) electrons. The van der Waals surface area contributed by atoms with Gasteiger partial charge in [-0.15, -0.1) is 0 Å². The molecule has 1 aromatic heterocycles. The topological polar surface area (TPSA) is 37.8 Å². The van der Waals surface area contributed by atoms with Crippen molar-refractivity contribution in [3.8, 4) is 11.4 Å². The van der Waals surface area contributed by atoms with Crippen molar-refractivity contribution in [2.75, 3.05) is 13.6 Å². The fourth-order valence-corrected chi connectivity index (χ4v) is 2.56. The largest absolute Gasteiger partial charge is 0.319 e. The van der Waals surface area contributed by atoms with Gasteiger partial charge in [-0.2, -0.15) is 0 Å². The predicted octanol–water partition coefficient (Wildman–Crippen LogP) is 3.30. The number of aryl methyl sites for hydroxylation is 2. The van der Waals surface area contributed by atoms with E-state index in [0.29, 0.717) is 11.7 Å². The minimum atomic E-state index is -0.266. The van der Waals surface area contributed by atoms with Crippen LogP contribution in [0.25, 0.3) is 11.4 Å². The summed E-state index contributed by atoms with van der Waals surface area (Å²) < 4.78 is 13.3. The van der Waals surface area contributed by atoms with Gasteiger partial charge in [0.1, 0.15) is 5.82 Å². The Hall–Kier alpha value is -1.81. The Morgan fingerprint density at radius 3 is 2.43 bits per heavy atom. The zero-order valence-corrected chi connectivity index (χ0v) is 13.1. The lowest BCUT2D eigenvalue weighted by atomic mass is 9.98. The summed E-state index contributed by atoms with van der Waals surface area (Å²) in [5.41, 5.74) is 3.86. The Morgan fingerprint density at radius 2 is 1.86 bits per heavy atom. The summed E-state index contributed by atoms with van der Waals surface area (Å²) in [7, 11) is 1.96. The third-order valence-corrected chi connectivity index (χ3v) is 3.61. The van der Waals surface area contributed by atoms with Crippen molar-refractivity contribution in [2.24, 2.45) is 5.92 Å². The van der Waals surface area contributed by atoms with Crippen molar-refractivity contribution >= 4 is 0 Å². The van der Waals surface area contributed by atoms with Crippen LogP contribution in [0.3, 0.4) is 0 Å². The van der Waals surface area contributed by atoms with Crippen molar-refractivity contribution in [2.45, 2.75) is 27.2 Å². The van der Waals surface area contributed by atoms with E-state index < -0.39 is 0 Å². The van der Waals surface area contributed by atoms with Gasteiger partial charge in [0.15, 0.2) is 5.82 Å². The fourth-order valence-electron chi connectivity index (χ4n) is 2.56. The highest BCUT2D eigenvalue weighted by molar-refractivity contribution is 5.55. The van der Waals surface area contributed by atoms with E-state index in [0.717, 1.165) is 29.9 Å². The lowest BCUT2D eigenvalue weighted by molar-refractivity contribution is 0.537. The number of hydrogen-bond acceptors (Lipinski definition) is 3. The van der Waals surface area contributed by atoms with Crippen LogP contribution in [0, 0.1) is 25.6 Å². The van der Waals surface area contributed by atoms with Crippen LogP contribution < -0.4 is 5.32 Å². The Bertz CT molecular complexity index is 602. The number of aromatic nitrogens is 2. The molecule has 0 aliphatic heterocycles. The molecule has 1 unspecified atom stereocenters. The normalized spacial score (nSPS) is 12.4. The smallest absolute Gasteiger partial charge is 0.159 e. The molecule has 0 bridgehead atoms. The minimum absolute atomic E-state index is 0.266. The van der Waals surface area contributed by atoms with Gasteiger partial charge < -0.3 is 5.32 Å². The van der Waals surface area contributed by atoms with Gasteiger partial charge in [0, 0.05) is 17.0 Å². The van der Waals surface area contributed by atoms with Crippen molar-refractivity contribution in [3.05, 3.63) is 47.0 Å². The molecule has 21 heavy (non-hydrogen) atoms. The van der Waals surface area contributed by atoms with Crippen LogP contribution in [0.15, 0.2) is 24.3 Å². The van der Waals surface area contributed by atoms with Crippen molar-refractivity contribution in [1.82, 2.24) is 15.3 Å². The van der Waals surface area contributed by atoms with E-state index in [1.807, 2.05) is 27.0 Å². The first kappa shape index (κ1) is 15.6. The monoisotopic (exact) mass is 287 g/mol. The molecule has 0 amide bonds. The van der Waals surface area contributed by atoms with Crippen LogP contribution in [-0.2, 0) is 6.42 Å². The summed E-state index contributed by atoms with van der Waals surface area (Å²) in [5, 5.41) is 3.19. The Labute approximate surface area is 125 Å². The number of nitrogens with zero attached hydrogens (tertiary/aromatic N) is 2. The summed E-state index contributed by atoms with van der Waals surface area (Å²) in [6.07, 6.45) is 0.946. The molecule has 0 saturated carbocycles. The van der Waals surface area contributed by atoms with E-state index in [-0.39, 0.29) is 5.82 Å². The molecule has 0 aliphatic carbocycles. The second kappa shape index (κ2) is 6.76. The van der Waals surface area contributed by atoms with E-state index in [1.165, 1.54) is 17.7 Å². The molecule has 3 nitrogen and oxygen atoms in total. The summed E-state index contributed by atoms with van der Waals surface area (Å²) >= 11 is 0. The zero-order chi connectivity index (χ0) is 15.4. The SMILES string of the molecule is CNCC(C)Cc1c(C)nc(-c2cccc(F)c2)nc1C. The molecule has 2 aromatic rings. The molecule has 112 valence electrons. The predicted molar refractivity (Wildman–Crippen MR) is 83.7 cm³/mol. The second-order valence-corrected chi connectivity index (χ2v) is 5.57. The Balaban J connectivity index is 2.33. The van der Waals surface area contributed by atoms with Crippen LogP contribution in [-0.4, -0.2) is 23.6 Å². The summed E-state index contributed by atoms with van der Waals surface area (Å²) in [4.78, 5) is 9.12. The Morgan fingerprint density at radius 1 is 1.19 bits per heavy atom. The maximum atomic E-state index is 13.3. The molecule has 0 fully saturated rings. The molecule has 1 atom stereocenters. The lowest BCUT2D eigenvalue weighted by Crippen LogP contribution is -2.19. The van der Waals surface area contributed by atoms with Crippen LogP contribution in [0.2, 0.25) is 0 Å². The van der Waals surface area contributed by atoms with E-state index in [2.05, 4.69) is 22.2 Å². The molecule has 0 spiro atoms. The van der Waals surface area contributed by atoms with Crippen molar-refractivity contribution in [3.63, 3.8) is 0 Å². The molecule has 1 N–H and O–H groups in total. The number of halogens is 1. The van der Waals surface area contributed by atoms with Crippen molar-refractivity contribution in [1.29, 1.82) is 0 Å². The average Bonchev–Trinajstić information content (AvgIpc) is 2.43. The first-order valence-corrected chi connectivity index (χ1v) is 7.26. The Kier molecular flexibility index (Phi) is 5.02. The van der Waals surface area contributed by atoms with Crippen LogP contribution >= 0.6 is 0 Å². The van der Waals surface area contributed by atoms with Gasteiger partial charge in [-0.05, 0) is 57.5 Å². The quantitative estimate of drug-likeness (QED) is 0.917. The van der Waals surface area contributed by atoms with E-state index in [9.17, 15) is 4.39 Å². The molecule has 0 aliphatic rings. The molecular formula is C17H22FN3. The van der Waals surface area contributed by atoms with Gasteiger partial charge in [0.25, 0.3) is 0 Å². The first-order chi connectivity index (χ1) is 10.0. The molecule has 4 heteroatoms. The van der Waals surface area contributed by atoms with Crippen LogP contribution in [0.4, 0.5) is 4.39 Å². The van der Waals surface area contributed by atoms with E-state index in [4.69, 9.17) is 0 Å². The van der Waals surface area contributed by atoms with Gasteiger partial charge in [-0.1, -0.05) is 19.1 Å².